The van der Waals surface area contributed by atoms with Gasteiger partial charge in [0.1, 0.15) is 11.6 Å². The standard InChI is InChI=1S/C22H19ClFN5/c1-29-9-16-13(17(16)10-29)4-2-11-6-20-15(8-19(11)25)21(26)28-22(27-20)14-7-12(23)3-5-18(14)24/h3,5-8,13,16-17H,9-10,25H2,1H3,(H2,26,27,28)/t13?,16-,17+. The molecule has 29 heavy (non-hydrogen) atoms. The molecule has 0 spiro atoms. The molecule has 7 heteroatoms. The lowest BCUT2D eigenvalue weighted by molar-refractivity contribution is 0.360. The summed E-state index contributed by atoms with van der Waals surface area (Å²) in [5, 5.41) is 1.01. The van der Waals surface area contributed by atoms with E-state index in [1.54, 1.807) is 12.1 Å². The Morgan fingerprint density at radius 3 is 2.66 bits per heavy atom. The number of piperidine rings is 1. The molecule has 2 fully saturated rings. The lowest BCUT2D eigenvalue weighted by atomic mass is 10.1. The van der Waals surface area contributed by atoms with Crippen molar-refractivity contribution in [3.8, 4) is 23.2 Å². The number of halogens is 2. The van der Waals surface area contributed by atoms with Crippen molar-refractivity contribution >= 4 is 34.0 Å². The molecule has 2 aromatic carbocycles. The average Bonchev–Trinajstić information content (AvgIpc) is 3.14. The quantitative estimate of drug-likeness (QED) is 0.477. The SMILES string of the molecule is CN1C[C@@H]2C(C#Cc3cc4nc(-c5cc(Cl)ccc5F)nc(N)c4cc3N)[C@@H]2C1. The molecule has 4 N–H and O–H groups in total. The number of nitrogens with zero attached hydrogens (tertiary/aromatic N) is 3. The van der Waals surface area contributed by atoms with Crippen LogP contribution in [-0.4, -0.2) is 35.0 Å². The van der Waals surface area contributed by atoms with Crippen LogP contribution >= 0.6 is 11.6 Å². The number of nitrogen functional groups attached to an aromatic ring is 2. The van der Waals surface area contributed by atoms with E-state index in [2.05, 4.69) is 33.8 Å². The predicted octanol–water partition coefficient (Wildman–Crippen LogP) is 3.41. The van der Waals surface area contributed by atoms with Gasteiger partial charge in [-0.05, 0) is 49.2 Å². The molecule has 2 aliphatic rings. The highest BCUT2D eigenvalue weighted by Gasteiger charge is 2.53. The first-order valence-electron chi connectivity index (χ1n) is 9.43. The van der Waals surface area contributed by atoms with Crippen molar-refractivity contribution < 1.29 is 4.39 Å². The van der Waals surface area contributed by atoms with Crippen LogP contribution in [0, 0.1) is 35.4 Å². The summed E-state index contributed by atoms with van der Waals surface area (Å²) in [6.45, 7) is 2.21. The van der Waals surface area contributed by atoms with Crippen molar-refractivity contribution in [2.45, 2.75) is 0 Å². The van der Waals surface area contributed by atoms with Crippen molar-refractivity contribution in [1.29, 1.82) is 0 Å². The van der Waals surface area contributed by atoms with Crippen LogP contribution in [0.5, 0.6) is 0 Å². The van der Waals surface area contributed by atoms with Crippen LogP contribution in [0.15, 0.2) is 30.3 Å². The van der Waals surface area contributed by atoms with Gasteiger partial charge in [0.15, 0.2) is 5.82 Å². The van der Waals surface area contributed by atoms with E-state index in [0.717, 1.165) is 13.1 Å². The van der Waals surface area contributed by atoms with Crippen molar-refractivity contribution in [3.63, 3.8) is 0 Å². The number of nitrogens with two attached hydrogens (primary N) is 2. The molecule has 1 unspecified atom stereocenters. The summed E-state index contributed by atoms with van der Waals surface area (Å²) >= 11 is 6.01. The van der Waals surface area contributed by atoms with Gasteiger partial charge >= 0.3 is 0 Å². The molecule has 1 aliphatic heterocycles. The summed E-state index contributed by atoms with van der Waals surface area (Å²) in [4.78, 5) is 11.1. The van der Waals surface area contributed by atoms with E-state index in [0.29, 0.717) is 44.9 Å². The van der Waals surface area contributed by atoms with Crippen molar-refractivity contribution in [2.75, 3.05) is 31.6 Å². The van der Waals surface area contributed by atoms with Crippen LogP contribution in [0.2, 0.25) is 5.02 Å². The zero-order valence-electron chi connectivity index (χ0n) is 15.8. The molecule has 0 bridgehead atoms. The van der Waals surface area contributed by atoms with Crippen molar-refractivity contribution in [1.82, 2.24) is 14.9 Å². The number of hydrogen-bond donors (Lipinski definition) is 2. The maximum atomic E-state index is 14.3. The molecule has 3 aromatic rings. The van der Waals surface area contributed by atoms with E-state index in [4.69, 9.17) is 23.1 Å². The first kappa shape index (κ1) is 18.2. The van der Waals surface area contributed by atoms with Crippen LogP contribution in [-0.2, 0) is 0 Å². The van der Waals surface area contributed by atoms with Crippen molar-refractivity contribution in [2.24, 2.45) is 17.8 Å². The average molecular weight is 408 g/mol. The molecule has 1 saturated heterocycles. The Bertz CT molecular complexity index is 1200. The summed E-state index contributed by atoms with van der Waals surface area (Å²) in [6.07, 6.45) is 0. The van der Waals surface area contributed by atoms with Crippen LogP contribution in [0.4, 0.5) is 15.9 Å². The van der Waals surface area contributed by atoms with Gasteiger partial charge in [-0.15, -0.1) is 0 Å². The van der Waals surface area contributed by atoms with Gasteiger partial charge in [-0.25, -0.2) is 14.4 Å². The molecule has 0 amide bonds. The van der Waals surface area contributed by atoms with E-state index in [-0.39, 0.29) is 17.2 Å². The fourth-order valence-electron chi connectivity index (χ4n) is 4.23. The third-order valence-electron chi connectivity index (χ3n) is 5.82. The second-order valence-electron chi connectivity index (χ2n) is 7.86. The summed E-state index contributed by atoms with van der Waals surface area (Å²) in [5.74, 6) is 8.32. The lowest BCUT2D eigenvalue weighted by Crippen LogP contribution is -2.18. The molecular weight excluding hydrogens is 389 g/mol. The normalized spacial score (nSPS) is 22.9. The number of fused-ring (bicyclic) bond motifs is 2. The second kappa shape index (κ2) is 6.58. The number of benzene rings is 2. The van der Waals surface area contributed by atoms with Crippen LogP contribution in [0.1, 0.15) is 5.56 Å². The molecule has 3 atom stereocenters. The van der Waals surface area contributed by atoms with Crippen LogP contribution < -0.4 is 11.5 Å². The third-order valence-corrected chi connectivity index (χ3v) is 6.05. The Morgan fingerprint density at radius 1 is 1.14 bits per heavy atom. The summed E-state index contributed by atoms with van der Waals surface area (Å²) in [7, 11) is 2.14. The summed E-state index contributed by atoms with van der Waals surface area (Å²) < 4.78 is 14.3. The van der Waals surface area contributed by atoms with Gasteiger partial charge < -0.3 is 16.4 Å². The molecule has 1 saturated carbocycles. The molecule has 0 radical (unpaired) electrons. The van der Waals surface area contributed by atoms with E-state index in [1.165, 1.54) is 18.2 Å². The van der Waals surface area contributed by atoms with E-state index in [1.807, 2.05) is 0 Å². The highest BCUT2D eigenvalue weighted by Crippen LogP contribution is 2.50. The molecule has 2 heterocycles. The topological polar surface area (TPSA) is 81.1 Å². The molecular formula is C22H19ClFN5. The first-order valence-corrected chi connectivity index (χ1v) is 9.81. The Morgan fingerprint density at radius 2 is 1.90 bits per heavy atom. The largest absolute Gasteiger partial charge is 0.398 e. The highest BCUT2D eigenvalue weighted by molar-refractivity contribution is 6.30. The Balaban J connectivity index is 1.54. The van der Waals surface area contributed by atoms with E-state index >= 15 is 0 Å². The van der Waals surface area contributed by atoms with Gasteiger partial charge in [0.2, 0.25) is 0 Å². The summed E-state index contributed by atoms with van der Waals surface area (Å²) in [5.41, 5.74) is 14.3. The number of anilines is 2. The van der Waals surface area contributed by atoms with E-state index in [9.17, 15) is 4.39 Å². The smallest absolute Gasteiger partial charge is 0.165 e. The minimum atomic E-state index is -0.464. The first-order chi connectivity index (χ1) is 13.9. The predicted molar refractivity (Wildman–Crippen MR) is 114 cm³/mol. The Hall–Kier alpha value is -2.88. The Kier molecular flexibility index (Phi) is 4.12. The highest BCUT2D eigenvalue weighted by atomic mass is 35.5. The molecule has 5 rings (SSSR count). The van der Waals surface area contributed by atoms with Crippen LogP contribution in [0.25, 0.3) is 22.3 Å². The number of likely N-dealkylation sites (tertiary alicyclic amines) is 1. The monoisotopic (exact) mass is 407 g/mol. The maximum Gasteiger partial charge on any atom is 0.165 e. The molecule has 146 valence electrons. The van der Waals surface area contributed by atoms with Crippen molar-refractivity contribution in [3.05, 3.63) is 46.7 Å². The minimum absolute atomic E-state index is 0.179. The van der Waals surface area contributed by atoms with Gasteiger partial charge in [-0.3, -0.25) is 0 Å². The molecule has 1 aliphatic carbocycles. The zero-order valence-corrected chi connectivity index (χ0v) is 16.5. The lowest BCUT2D eigenvalue weighted by Gasteiger charge is -2.10. The van der Waals surface area contributed by atoms with Gasteiger partial charge in [0, 0.05) is 40.7 Å². The van der Waals surface area contributed by atoms with Crippen LogP contribution in [0.3, 0.4) is 0 Å². The van der Waals surface area contributed by atoms with Gasteiger partial charge in [-0.1, -0.05) is 23.4 Å². The second-order valence-corrected chi connectivity index (χ2v) is 8.29. The number of aromatic nitrogens is 2. The zero-order chi connectivity index (χ0) is 20.3. The Labute approximate surface area is 172 Å². The van der Waals surface area contributed by atoms with Gasteiger partial charge in [0.05, 0.1) is 11.1 Å². The number of hydrogen-bond acceptors (Lipinski definition) is 5. The fraction of sp³-hybridized carbons (Fsp3) is 0.273. The minimum Gasteiger partial charge on any atom is -0.398 e. The number of rotatable bonds is 1. The molecule has 1 aromatic heterocycles. The third kappa shape index (κ3) is 3.17. The van der Waals surface area contributed by atoms with Gasteiger partial charge in [0.25, 0.3) is 0 Å². The fourth-order valence-corrected chi connectivity index (χ4v) is 4.40. The molecule has 5 nitrogen and oxygen atoms in total. The van der Waals surface area contributed by atoms with E-state index < -0.39 is 5.82 Å². The maximum absolute atomic E-state index is 14.3. The van der Waals surface area contributed by atoms with Gasteiger partial charge in [-0.2, -0.15) is 0 Å². The summed E-state index contributed by atoms with van der Waals surface area (Å²) in [6, 6.07) is 7.77.